The quantitative estimate of drug-likeness (QED) is 0.123. The smallest absolute Gasteiger partial charge is 0.407 e. The molecule has 4 heterocycles. The number of ether oxygens (including phenoxy) is 2. The highest BCUT2D eigenvalue weighted by Gasteiger charge is 2.39. The number of amides is 4. The van der Waals surface area contributed by atoms with E-state index in [4.69, 9.17) is 19.5 Å². The topological polar surface area (TPSA) is 158 Å². The normalized spacial score (nSPS) is 18.3. The van der Waals surface area contributed by atoms with Crippen molar-refractivity contribution in [2.75, 3.05) is 27.3 Å². The number of benzene rings is 4. The number of imidazole rings is 1. The molecule has 1 aromatic heterocycles. The van der Waals surface area contributed by atoms with Crippen LogP contribution in [0, 0.1) is 0 Å². The highest BCUT2D eigenvalue weighted by molar-refractivity contribution is 6.04. The van der Waals surface area contributed by atoms with E-state index in [1.165, 1.54) is 14.2 Å². The van der Waals surface area contributed by atoms with E-state index in [0.29, 0.717) is 36.5 Å². The summed E-state index contributed by atoms with van der Waals surface area (Å²) in [5.41, 5.74) is 8.43. The van der Waals surface area contributed by atoms with Gasteiger partial charge in [0.2, 0.25) is 5.91 Å². The number of methoxy groups -OCH3 is 2. The van der Waals surface area contributed by atoms with Crippen molar-refractivity contribution in [1.29, 1.82) is 0 Å². The zero-order valence-corrected chi connectivity index (χ0v) is 33.5. The van der Waals surface area contributed by atoms with Gasteiger partial charge < -0.3 is 34.9 Å². The molecular weight excluding hydrogens is 759 g/mol. The Labute approximate surface area is 348 Å². The monoisotopic (exact) mass is 805 g/mol. The SMILES string of the molecule is COC(=O)N[C@@H](C(=O)N1CCC[C@H]1C1=NC=C(c2ccc(-c3ccc(-c4cnc([C@@H]5CCCN5C(=O)[C@H](NC(=O)OC)c5ccccc5)[nH]4)cc3)cc2)C1)c1ccccc1. The predicted molar refractivity (Wildman–Crippen MR) is 227 cm³/mol. The van der Waals surface area contributed by atoms with Crippen LogP contribution in [0.3, 0.4) is 0 Å². The number of H-pyrrole nitrogens is 1. The van der Waals surface area contributed by atoms with Crippen LogP contribution in [-0.4, -0.2) is 82.8 Å². The number of carbonyl (C=O) groups is 4. The van der Waals surface area contributed by atoms with E-state index in [2.05, 4.69) is 64.1 Å². The van der Waals surface area contributed by atoms with E-state index in [0.717, 1.165) is 64.9 Å². The van der Waals surface area contributed by atoms with Crippen molar-refractivity contribution in [1.82, 2.24) is 30.4 Å². The summed E-state index contributed by atoms with van der Waals surface area (Å²) in [4.78, 5) is 68.9. The first-order chi connectivity index (χ1) is 29.3. The molecule has 0 radical (unpaired) electrons. The number of aromatic amines is 1. The summed E-state index contributed by atoms with van der Waals surface area (Å²) >= 11 is 0. The Morgan fingerprint density at radius 1 is 0.650 bits per heavy atom. The molecule has 4 atom stereocenters. The van der Waals surface area contributed by atoms with E-state index in [9.17, 15) is 19.2 Å². The molecule has 306 valence electrons. The molecule has 2 fully saturated rings. The number of allylic oxidation sites excluding steroid dienone is 1. The fourth-order valence-electron chi connectivity index (χ4n) is 8.44. The maximum absolute atomic E-state index is 13.9. The Morgan fingerprint density at radius 3 is 1.67 bits per heavy atom. The predicted octanol–water partition coefficient (Wildman–Crippen LogP) is 7.78. The van der Waals surface area contributed by atoms with Crippen molar-refractivity contribution in [2.45, 2.75) is 56.3 Å². The lowest BCUT2D eigenvalue weighted by Crippen LogP contribution is -2.47. The molecule has 13 heteroatoms. The van der Waals surface area contributed by atoms with Crippen LogP contribution >= 0.6 is 0 Å². The third-order valence-corrected chi connectivity index (χ3v) is 11.6. The second-order valence-corrected chi connectivity index (χ2v) is 15.1. The zero-order chi connectivity index (χ0) is 41.6. The van der Waals surface area contributed by atoms with Crippen molar-refractivity contribution in [3.05, 3.63) is 144 Å². The van der Waals surface area contributed by atoms with Gasteiger partial charge in [-0.3, -0.25) is 14.6 Å². The van der Waals surface area contributed by atoms with Crippen molar-refractivity contribution < 1.29 is 28.7 Å². The van der Waals surface area contributed by atoms with Gasteiger partial charge in [-0.05, 0) is 64.6 Å². The summed E-state index contributed by atoms with van der Waals surface area (Å²) < 4.78 is 9.67. The van der Waals surface area contributed by atoms with Crippen molar-refractivity contribution in [2.24, 2.45) is 4.99 Å². The van der Waals surface area contributed by atoms with Gasteiger partial charge in [-0.2, -0.15) is 0 Å². The van der Waals surface area contributed by atoms with Gasteiger partial charge in [-0.25, -0.2) is 14.6 Å². The minimum absolute atomic E-state index is 0.150. The van der Waals surface area contributed by atoms with Gasteiger partial charge in [-0.1, -0.05) is 109 Å². The van der Waals surface area contributed by atoms with E-state index in [1.54, 1.807) is 11.1 Å². The standard InChI is InChI=1S/C47H47N7O6/c1-59-46(57)51-41(34-11-5-3-6-12-34)44(55)53-25-9-15-39(53)37-27-36(28-48-37)32-19-17-30(18-20-32)31-21-23-33(24-22-31)38-29-49-43(50-38)40-16-10-26-54(40)45(56)42(52-47(58)60-2)35-13-7-4-8-14-35/h3-8,11-14,17-24,28-29,39-42H,9-10,15-16,25-27H2,1-2H3,(H,49,50)(H,51,57)(H,52,58)/t39-,40-,41+,42+/m0/s1. The lowest BCUT2D eigenvalue weighted by atomic mass is 9.96. The van der Waals surface area contributed by atoms with Crippen LogP contribution in [0.2, 0.25) is 0 Å². The fraction of sp³-hybridized carbons (Fsp3) is 0.277. The molecule has 0 aliphatic carbocycles. The second-order valence-electron chi connectivity index (χ2n) is 15.1. The summed E-state index contributed by atoms with van der Waals surface area (Å²) in [7, 11) is 2.57. The average molecular weight is 806 g/mol. The zero-order valence-electron chi connectivity index (χ0n) is 33.5. The lowest BCUT2D eigenvalue weighted by Gasteiger charge is -2.29. The van der Waals surface area contributed by atoms with E-state index in [1.807, 2.05) is 71.8 Å². The number of likely N-dealkylation sites (tertiary alicyclic amines) is 2. The number of alkyl carbamates (subject to hydrolysis) is 2. The third kappa shape index (κ3) is 8.42. The van der Waals surface area contributed by atoms with E-state index >= 15 is 0 Å². The Balaban J connectivity index is 0.900. The van der Waals surface area contributed by atoms with Gasteiger partial charge in [0.15, 0.2) is 0 Å². The molecular formula is C47H47N7O6. The van der Waals surface area contributed by atoms with Gasteiger partial charge >= 0.3 is 12.2 Å². The highest BCUT2D eigenvalue weighted by atomic mass is 16.5. The minimum Gasteiger partial charge on any atom is -0.453 e. The fourth-order valence-corrected chi connectivity index (χ4v) is 8.44. The first-order valence-electron chi connectivity index (χ1n) is 20.2. The second kappa shape index (κ2) is 17.9. The maximum Gasteiger partial charge on any atom is 0.407 e. The number of carbonyl (C=O) groups excluding carboxylic acids is 4. The molecule has 0 unspecified atom stereocenters. The molecule has 60 heavy (non-hydrogen) atoms. The molecule has 3 N–H and O–H groups in total. The molecule has 0 bridgehead atoms. The van der Waals surface area contributed by atoms with Gasteiger partial charge in [0.25, 0.3) is 5.91 Å². The van der Waals surface area contributed by atoms with Crippen LogP contribution in [0.4, 0.5) is 9.59 Å². The van der Waals surface area contributed by atoms with Crippen LogP contribution in [0.25, 0.3) is 28.0 Å². The molecule has 3 aliphatic heterocycles. The molecule has 5 aromatic rings. The number of nitrogens with zero attached hydrogens (tertiary/aromatic N) is 4. The van der Waals surface area contributed by atoms with Crippen LogP contribution in [0.1, 0.15) is 72.7 Å². The molecule has 3 aliphatic rings. The highest BCUT2D eigenvalue weighted by Crippen LogP contribution is 2.36. The molecule has 0 saturated carbocycles. The average Bonchev–Trinajstić information content (AvgIpc) is 4.15. The Kier molecular flexibility index (Phi) is 11.8. The minimum atomic E-state index is -0.881. The summed E-state index contributed by atoms with van der Waals surface area (Å²) in [6.45, 7) is 1.14. The summed E-state index contributed by atoms with van der Waals surface area (Å²) in [6.07, 6.45) is 6.25. The van der Waals surface area contributed by atoms with Crippen molar-refractivity contribution in [3.8, 4) is 22.4 Å². The van der Waals surface area contributed by atoms with Crippen molar-refractivity contribution >= 4 is 35.3 Å². The number of aromatic nitrogens is 2. The molecule has 4 amide bonds. The number of aliphatic imine (C=N–C) groups is 1. The van der Waals surface area contributed by atoms with Gasteiger partial charge in [-0.15, -0.1) is 0 Å². The number of rotatable bonds is 11. The van der Waals surface area contributed by atoms with Gasteiger partial charge in [0, 0.05) is 31.4 Å². The van der Waals surface area contributed by atoms with Crippen LogP contribution in [0.5, 0.6) is 0 Å². The van der Waals surface area contributed by atoms with Crippen LogP contribution < -0.4 is 10.6 Å². The number of hydrogen-bond donors (Lipinski definition) is 3. The Bertz CT molecular complexity index is 2400. The first kappa shape index (κ1) is 39.8. The third-order valence-electron chi connectivity index (χ3n) is 11.6. The summed E-state index contributed by atoms with van der Waals surface area (Å²) in [5, 5.41) is 5.44. The molecule has 13 nitrogen and oxygen atoms in total. The maximum atomic E-state index is 13.9. The van der Waals surface area contributed by atoms with Crippen molar-refractivity contribution in [3.63, 3.8) is 0 Å². The van der Waals surface area contributed by atoms with E-state index < -0.39 is 24.3 Å². The Morgan fingerprint density at radius 2 is 1.13 bits per heavy atom. The Hall–Kier alpha value is -7.02. The largest absolute Gasteiger partial charge is 0.453 e. The van der Waals surface area contributed by atoms with E-state index in [-0.39, 0.29) is 23.9 Å². The molecule has 2 saturated heterocycles. The molecule has 0 spiro atoms. The van der Waals surface area contributed by atoms with Crippen LogP contribution in [-0.2, 0) is 19.1 Å². The molecule has 8 rings (SSSR count). The number of nitrogens with one attached hydrogen (secondary N) is 3. The van der Waals surface area contributed by atoms with Gasteiger partial charge in [0.1, 0.15) is 17.9 Å². The van der Waals surface area contributed by atoms with Crippen LogP contribution in [0.15, 0.2) is 127 Å². The lowest BCUT2D eigenvalue weighted by molar-refractivity contribution is -0.135. The number of hydrogen-bond acceptors (Lipinski definition) is 8. The summed E-state index contributed by atoms with van der Waals surface area (Å²) in [6, 6.07) is 33.0. The first-order valence-corrected chi connectivity index (χ1v) is 20.2. The summed E-state index contributed by atoms with van der Waals surface area (Å²) in [5.74, 6) is 0.313. The molecule has 4 aromatic carbocycles. The van der Waals surface area contributed by atoms with Gasteiger partial charge in [0.05, 0.1) is 38.2 Å².